The van der Waals surface area contributed by atoms with Crippen LogP contribution in [0.1, 0.15) is 0 Å². The highest BCUT2D eigenvalue weighted by atomic mass is 32.2. The molecule has 0 aliphatic rings. The predicted octanol–water partition coefficient (Wildman–Crippen LogP) is 6.05. The molecule has 0 saturated carbocycles. The fourth-order valence-corrected chi connectivity index (χ4v) is 3.77. The van der Waals surface area contributed by atoms with Gasteiger partial charge in [-0.1, -0.05) is 12.1 Å². The van der Waals surface area contributed by atoms with Crippen LogP contribution in [0.5, 0.6) is 11.5 Å². The number of ether oxygens (including phenoxy) is 2. The van der Waals surface area contributed by atoms with E-state index in [9.17, 15) is 4.39 Å². The Kier molecular flexibility index (Phi) is 5.53. The highest BCUT2D eigenvalue weighted by Crippen LogP contribution is 2.36. The van der Waals surface area contributed by atoms with Crippen LogP contribution in [0.15, 0.2) is 82.8 Å². The first-order chi connectivity index (χ1) is 14.2. The summed E-state index contributed by atoms with van der Waals surface area (Å²) in [5.74, 6) is 1.28. The number of hydrogen-bond donors (Lipinski definition) is 1. The van der Waals surface area contributed by atoms with Crippen molar-refractivity contribution < 1.29 is 13.9 Å². The number of H-pyrrole nitrogens is 1. The number of rotatable bonds is 6. The molecule has 0 aliphatic heterocycles. The van der Waals surface area contributed by atoms with Gasteiger partial charge in [0.25, 0.3) is 0 Å². The lowest BCUT2D eigenvalue weighted by molar-refractivity contribution is 0.414. The van der Waals surface area contributed by atoms with Crippen LogP contribution in [-0.2, 0) is 0 Å². The Balaban J connectivity index is 1.78. The third-order valence-corrected chi connectivity index (χ3v) is 5.41. The summed E-state index contributed by atoms with van der Waals surface area (Å²) in [6.45, 7) is 0. The first-order valence-electron chi connectivity index (χ1n) is 8.99. The number of imidazole rings is 1. The van der Waals surface area contributed by atoms with Crippen LogP contribution in [0.2, 0.25) is 0 Å². The van der Waals surface area contributed by atoms with Gasteiger partial charge in [-0.3, -0.25) is 0 Å². The van der Waals surface area contributed by atoms with Gasteiger partial charge in [-0.25, -0.2) is 9.37 Å². The van der Waals surface area contributed by atoms with Crippen molar-refractivity contribution in [1.82, 2.24) is 9.97 Å². The maximum atomic E-state index is 14.1. The van der Waals surface area contributed by atoms with Gasteiger partial charge in [0.2, 0.25) is 0 Å². The van der Waals surface area contributed by atoms with Gasteiger partial charge >= 0.3 is 0 Å². The minimum absolute atomic E-state index is 0.272. The molecule has 1 N–H and O–H groups in total. The monoisotopic (exact) mass is 406 g/mol. The van der Waals surface area contributed by atoms with Gasteiger partial charge in [-0.15, -0.1) is 0 Å². The van der Waals surface area contributed by atoms with Crippen molar-refractivity contribution in [2.45, 2.75) is 10.1 Å². The molecule has 1 aromatic heterocycles. The molecule has 3 aromatic carbocycles. The molecule has 146 valence electrons. The second kappa shape index (κ2) is 8.41. The van der Waals surface area contributed by atoms with Crippen molar-refractivity contribution >= 4 is 11.8 Å². The van der Waals surface area contributed by atoms with Gasteiger partial charge in [-0.05, 0) is 72.4 Å². The fraction of sp³-hybridized carbons (Fsp3) is 0.0870. The summed E-state index contributed by atoms with van der Waals surface area (Å²) in [6.07, 6.45) is 0. The van der Waals surface area contributed by atoms with Crippen LogP contribution in [0, 0.1) is 5.82 Å². The number of hydrogen-bond acceptors (Lipinski definition) is 4. The van der Waals surface area contributed by atoms with Crippen LogP contribution >= 0.6 is 11.8 Å². The summed E-state index contributed by atoms with van der Waals surface area (Å²) >= 11 is 1.26. The zero-order valence-corrected chi connectivity index (χ0v) is 16.8. The van der Waals surface area contributed by atoms with Gasteiger partial charge in [0.15, 0.2) is 5.16 Å². The first kappa shape index (κ1) is 19.1. The minimum Gasteiger partial charge on any atom is -0.497 e. The molecule has 0 unspecified atom stereocenters. The number of halogens is 1. The maximum Gasteiger partial charge on any atom is 0.171 e. The molecule has 4 nitrogen and oxygen atoms in total. The molecule has 0 spiro atoms. The molecule has 1 heterocycles. The van der Waals surface area contributed by atoms with E-state index in [1.165, 1.54) is 17.8 Å². The van der Waals surface area contributed by atoms with Crippen LogP contribution in [-0.4, -0.2) is 24.2 Å². The standard InChI is InChI=1S/C23H19FN2O2S/c1-27-17-11-7-15(8-12-17)21-22(16-9-13-18(28-2)14-10-16)26-23(25-21)29-20-6-4-3-5-19(20)24/h3-14H,1-2H3,(H,25,26). The van der Waals surface area contributed by atoms with Crippen LogP contribution < -0.4 is 9.47 Å². The fourth-order valence-electron chi connectivity index (χ4n) is 2.96. The third-order valence-electron chi connectivity index (χ3n) is 4.47. The second-order valence-corrected chi connectivity index (χ2v) is 7.29. The number of benzene rings is 3. The molecule has 0 aliphatic carbocycles. The van der Waals surface area contributed by atoms with Crippen LogP contribution in [0.3, 0.4) is 0 Å². The largest absolute Gasteiger partial charge is 0.497 e. The minimum atomic E-state index is -0.272. The van der Waals surface area contributed by atoms with Gasteiger partial charge in [0.1, 0.15) is 17.3 Å². The lowest BCUT2D eigenvalue weighted by Gasteiger charge is -2.06. The van der Waals surface area contributed by atoms with Gasteiger partial charge in [0.05, 0.1) is 30.5 Å². The highest BCUT2D eigenvalue weighted by Gasteiger charge is 2.16. The van der Waals surface area contributed by atoms with E-state index in [-0.39, 0.29) is 5.82 Å². The van der Waals surface area contributed by atoms with Crippen molar-refractivity contribution in [3.05, 3.63) is 78.6 Å². The van der Waals surface area contributed by atoms with Gasteiger partial charge in [-0.2, -0.15) is 0 Å². The van der Waals surface area contributed by atoms with Crippen LogP contribution in [0.25, 0.3) is 22.5 Å². The molecule has 0 bridgehead atoms. The van der Waals surface area contributed by atoms with Gasteiger partial charge in [0, 0.05) is 11.1 Å². The normalized spacial score (nSPS) is 10.7. The molecule has 0 saturated heterocycles. The molecular formula is C23H19FN2O2S. The number of methoxy groups -OCH3 is 2. The first-order valence-corrected chi connectivity index (χ1v) is 9.81. The molecule has 29 heavy (non-hydrogen) atoms. The summed E-state index contributed by atoms with van der Waals surface area (Å²) in [5.41, 5.74) is 3.55. The molecule has 0 radical (unpaired) electrons. The number of aromatic amines is 1. The van der Waals surface area contributed by atoms with E-state index >= 15 is 0 Å². The van der Waals surface area contributed by atoms with E-state index in [4.69, 9.17) is 14.5 Å². The van der Waals surface area contributed by atoms with Crippen molar-refractivity contribution in [3.8, 4) is 34.0 Å². The Morgan fingerprint density at radius 2 is 1.38 bits per heavy atom. The predicted molar refractivity (Wildman–Crippen MR) is 113 cm³/mol. The van der Waals surface area contributed by atoms with E-state index in [2.05, 4.69) is 4.98 Å². The average molecular weight is 406 g/mol. The topological polar surface area (TPSA) is 47.1 Å². The van der Waals surface area contributed by atoms with E-state index in [1.807, 2.05) is 54.6 Å². The van der Waals surface area contributed by atoms with E-state index in [0.717, 1.165) is 34.0 Å². The Labute approximate surface area is 172 Å². The van der Waals surface area contributed by atoms with Gasteiger partial charge < -0.3 is 14.5 Å². The van der Waals surface area contributed by atoms with Crippen molar-refractivity contribution in [2.24, 2.45) is 0 Å². The second-order valence-electron chi connectivity index (χ2n) is 6.26. The summed E-state index contributed by atoms with van der Waals surface area (Å²) in [5, 5.41) is 0.617. The Morgan fingerprint density at radius 1 is 0.793 bits per heavy atom. The molecular weight excluding hydrogens is 387 g/mol. The summed E-state index contributed by atoms with van der Waals surface area (Å²) < 4.78 is 24.6. The number of aromatic nitrogens is 2. The van der Waals surface area contributed by atoms with Crippen molar-refractivity contribution in [1.29, 1.82) is 0 Å². The maximum absolute atomic E-state index is 14.1. The lowest BCUT2D eigenvalue weighted by atomic mass is 10.0. The summed E-state index contributed by atoms with van der Waals surface area (Å²) in [4.78, 5) is 8.63. The molecule has 4 rings (SSSR count). The molecule has 0 fully saturated rings. The lowest BCUT2D eigenvalue weighted by Crippen LogP contribution is -1.87. The van der Waals surface area contributed by atoms with Crippen LogP contribution in [0.4, 0.5) is 4.39 Å². The van der Waals surface area contributed by atoms with Crippen molar-refractivity contribution in [3.63, 3.8) is 0 Å². The van der Waals surface area contributed by atoms with E-state index in [0.29, 0.717) is 10.1 Å². The molecule has 0 atom stereocenters. The SMILES string of the molecule is COc1ccc(-c2nc(Sc3ccccc3F)[nH]c2-c2ccc(OC)cc2)cc1. The highest BCUT2D eigenvalue weighted by molar-refractivity contribution is 7.99. The van der Waals surface area contributed by atoms with E-state index in [1.54, 1.807) is 26.4 Å². The molecule has 4 aromatic rings. The summed E-state index contributed by atoms with van der Waals surface area (Å²) in [6, 6.07) is 22.1. The Morgan fingerprint density at radius 3 is 1.97 bits per heavy atom. The van der Waals surface area contributed by atoms with E-state index < -0.39 is 0 Å². The summed E-state index contributed by atoms with van der Waals surface area (Å²) in [7, 11) is 3.27. The van der Waals surface area contributed by atoms with Crippen molar-refractivity contribution in [2.75, 3.05) is 14.2 Å². The Bertz CT molecular complexity index is 1040. The zero-order valence-electron chi connectivity index (χ0n) is 16.0. The zero-order chi connectivity index (χ0) is 20.2. The molecule has 0 amide bonds. The number of nitrogens with one attached hydrogen (secondary N) is 1. The number of nitrogens with zero attached hydrogens (tertiary/aromatic N) is 1. The molecule has 6 heteroatoms. The Hall–Kier alpha value is -3.25. The quantitative estimate of drug-likeness (QED) is 0.423. The smallest absolute Gasteiger partial charge is 0.171 e. The third kappa shape index (κ3) is 4.12. The average Bonchev–Trinajstić information content (AvgIpc) is 3.19.